The second kappa shape index (κ2) is 6.57. The highest BCUT2D eigenvalue weighted by Crippen LogP contribution is 2.31. The van der Waals surface area contributed by atoms with Crippen LogP contribution in [-0.2, 0) is 19.6 Å². The number of ether oxygens (including phenoxy) is 1. The summed E-state index contributed by atoms with van der Waals surface area (Å²) in [5.41, 5.74) is 0.339. The molecule has 21 heavy (non-hydrogen) atoms. The molecule has 0 radical (unpaired) electrons. The summed E-state index contributed by atoms with van der Waals surface area (Å²) in [5, 5.41) is 2.63. The van der Waals surface area contributed by atoms with Crippen molar-refractivity contribution in [2.45, 2.75) is 24.1 Å². The van der Waals surface area contributed by atoms with Crippen LogP contribution in [0.1, 0.15) is 12.6 Å². The zero-order valence-electron chi connectivity index (χ0n) is 11.6. The number of likely N-dealkylation sites (N-methyl/N-ethyl adjacent to an activating group) is 1. The number of amides is 1. The normalized spacial score (nSPS) is 20.4. The van der Waals surface area contributed by atoms with Crippen molar-refractivity contribution in [1.82, 2.24) is 14.6 Å². The fourth-order valence-electron chi connectivity index (χ4n) is 2.07. The maximum Gasteiger partial charge on any atom is 0.255 e. The maximum atomic E-state index is 12.7. The van der Waals surface area contributed by atoms with Crippen LogP contribution in [0.2, 0.25) is 4.47 Å². The lowest BCUT2D eigenvalue weighted by Gasteiger charge is -2.33. The van der Waals surface area contributed by atoms with Crippen LogP contribution >= 0.6 is 22.9 Å². The average molecular weight is 354 g/mol. The van der Waals surface area contributed by atoms with Crippen molar-refractivity contribution in [3.63, 3.8) is 0 Å². The number of morpholine rings is 1. The first-order chi connectivity index (χ1) is 9.87. The van der Waals surface area contributed by atoms with E-state index in [4.69, 9.17) is 16.3 Å². The fraction of sp³-hybridized carbons (Fsp3) is 0.636. The molecule has 118 valence electrons. The van der Waals surface area contributed by atoms with Gasteiger partial charge in [-0.25, -0.2) is 13.4 Å². The van der Waals surface area contributed by atoms with Gasteiger partial charge >= 0.3 is 0 Å². The van der Waals surface area contributed by atoms with Crippen LogP contribution in [0.5, 0.6) is 0 Å². The maximum absolute atomic E-state index is 12.7. The van der Waals surface area contributed by atoms with E-state index in [0.717, 1.165) is 11.3 Å². The van der Waals surface area contributed by atoms with E-state index in [1.54, 1.807) is 13.8 Å². The van der Waals surface area contributed by atoms with Crippen molar-refractivity contribution in [2.75, 3.05) is 26.3 Å². The van der Waals surface area contributed by atoms with Crippen molar-refractivity contribution in [2.24, 2.45) is 0 Å². The van der Waals surface area contributed by atoms with E-state index in [1.165, 1.54) is 4.31 Å². The number of sulfonamides is 1. The summed E-state index contributed by atoms with van der Waals surface area (Å²) >= 11 is 6.67. The molecule has 0 aromatic carbocycles. The predicted octanol–water partition coefficient (Wildman–Crippen LogP) is 0.631. The minimum atomic E-state index is -3.82. The number of hydrogen-bond donors (Lipinski definition) is 1. The van der Waals surface area contributed by atoms with E-state index in [0.29, 0.717) is 12.2 Å². The minimum absolute atomic E-state index is 0.0383. The molecule has 1 aromatic heterocycles. The number of hydrogen-bond acceptors (Lipinski definition) is 6. The van der Waals surface area contributed by atoms with Gasteiger partial charge in [-0.15, -0.1) is 0 Å². The lowest BCUT2D eigenvalue weighted by Crippen LogP contribution is -2.55. The molecule has 2 rings (SSSR count). The van der Waals surface area contributed by atoms with Crippen LogP contribution < -0.4 is 5.32 Å². The molecule has 7 nitrogen and oxygen atoms in total. The fourth-order valence-corrected chi connectivity index (χ4v) is 5.48. The molecular formula is C11H16ClN3O4S2. The Hall–Kier alpha value is -0.740. The molecule has 1 aliphatic rings. The van der Waals surface area contributed by atoms with Gasteiger partial charge in [0.05, 0.1) is 18.9 Å². The molecule has 1 atom stereocenters. The quantitative estimate of drug-likeness (QED) is 0.857. The summed E-state index contributed by atoms with van der Waals surface area (Å²) < 4.78 is 32.1. The van der Waals surface area contributed by atoms with E-state index < -0.39 is 16.1 Å². The van der Waals surface area contributed by atoms with Gasteiger partial charge in [-0.2, -0.15) is 4.31 Å². The summed E-state index contributed by atoms with van der Waals surface area (Å²) in [6.07, 6.45) is 0. The Morgan fingerprint density at radius 1 is 1.62 bits per heavy atom. The Morgan fingerprint density at radius 3 is 2.90 bits per heavy atom. The summed E-state index contributed by atoms with van der Waals surface area (Å²) in [5.74, 6) is -0.367. The molecule has 0 spiro atoms. The Labute approximate surface area is 132 Å². The molecule has 0 aliphatic carbocycles. The molecule has 1 aliphatic heterocycles. The zero-order chi connectivity index (χ0) is 15.6. The third-order valence-corrected chi connectivity index (χ3v) is 6.76. The summed E-state index contributed by atoms with van der Waals surface area (Å²) in [6, 6.07) is -0.871. The van der Waals surface area contributed by atoms with Gasteiger partial charge in [-0.1, -0.05) is 22.9 Å². The number of carbonyl (C=O) groups excluding carboxylic acids is 1. The zero-order valence-corrected chi connectivity index (χ0v) is 14.0. The average Bonchev–Trinajstić information content (AvgIpc) is 2.79. The van der Waals surface area contributed by atoms with Gasteiger partial charge in [0.15, 0.2) is 8.68 Å². The largest absolute Gasteiger partial charge is 0.378 e. The van der Waals surface area contributed by atoms with Gasteiger partial charge in [-0.05, 0) is 13.8 Å². The Bertz CT molecular complexity index is 631. The topological polar surface area (TPSA) is 88.6 Å². The van der Waals surface area contributed by atoms with Crippen LogP contribution in [-0.4, -0.2) is 56.0 Å². The highest BCUT2D eigenvalue weighted by Gasteiger charge is 2.39. The molecule has 1 aromatic rings. The third-order valence-electron chi connectivity index (χ3n) is 3.00. The first-order valence-electron chi connectivity index (χ1n) is 6.38. The Kier molecular flexibility index (Phi) is 5.20. The van der Waals surface area contributed by atoms with Crippen molar-refractivity contribution < 1.29 is 17.9 Å². The molecule has 1 amide bonds. The molecule has 1 N–H and O–H groups in total. The molecule has 10 heteroatoms. The summed E-state index contributed by atoms with van der Waals surface area (Å²) in [7, 11) is -3.82. The number of carbonyl (C=O) groups is 1. The van der Waals surface area contributed by atoms with Gasteiger partial charge in [-0.3, -0.25) is 4.79 Å². The van der Waals surface area contributed by atoms with Crippen molar-refractivity contribution in [3.8, 4) is 0 Å². The number of aromatic nitrogens is 1. The Morgan fingerprint density at radius 2 is 2.33 bits per heavy atom. The summed E-state index contributed by atoms with van der Waals surface area (Å²) in [6.45, 7) is 4.19. The van der Waals surface area contributed by atoms with Crippen LogP contribution in [0.25, 0.3) is 0 Å². The van der Waals surface area contributed by atoms with Gasteiger partial charge < -0.3 is 10.1 Å². The lowest BCUT2D eigenvalue weighted by molar-refractivity contribution is -0.129. The predicted molar refractivity (Wildman–Crippen MR) is 79.0 cm³/mol. The van der Waals surface area contributed by atoms with E-state index in [1.807, 2.05) is 0 Å². The van der Waals surface area contributed by atoms with Crippen LogP contribution in [0.15, 0.2) is 4.21 Å². The second-order valence-electron chi connectivity index (χ2n) is 4.44. The molecule has 0 bridgehead atoms. The molecule has 1 fully saturated rings. The first-order valence-corrected chi connectivity index (χ1v) is 9.01. The number of thiazole rings is 1. The Balaban J connectivity index is 2.36. The molecule has 2 heterocycles. The molecule has 1 unspecified atom stereocenters. The standard InChI is InChI=1S/C11H16ClN3O4S2/c1-3-13-9(16)8-6-19-5-4-15(8)21(17,18)10-7(2)14-11(12)20-10/h8H,3-6H2,1-2H3,(H,13,16). The van der Waals surface area contributed by atoms with Crippen LogP contribution in [0.4, 0.5) is 0 Å². The van der Waals surface area contributed by atoms with E-state index in [-0.39, 0.29) is 34.3 Å². The van der Waals surface area contributed by atoms with Gasteiger partial charge in [0, 0.05) is 13.1 Å². The second-order valence-corrected chi connectivity index (χ2v) is 8.11. The van der Waals surface area contributed by atoms with Crippen LogP contribution in [0.3, 0.4) is 0 Å². The van der Waals surface area contributed by atoms with Crippen LogP contribution in [0, 0.1) is 6.92 Å². The lowest BCUT2D eigenvalue weighted by atomic mass is 10.2. The van der Waals surface area contributed by atoms with Gasteiger partial charge in [0.2, 0.25) is 5.91 Å². The van der Waals surface area contributed by atoms with E-state index >= 15 is 0 Å². The number of aryl methyl sites for hydroxylation is 1. The number of rotatable bonds is 4. The van der Waals surface area contributed by atoms with Gasteiger partial charge in [0.25, 0.3) is 10.0 Å². The molecule has 0 saturated carbocycles. The molecule has 1 saturated heterocycles. The molecular weight excluding hydrogens is 338 g/mol. The number of halogens is 1. The first kappa shape index (κ1) is 16.6. The summed E-state index contributed by atoms with van der Waals surface area (Å²) in [4.78, 5) is 16.0. The van der Waals surface area contributed by atoms with Crippen molar-refractivity contribution in [3.05, 3.63) is 10.2 Å². The number of nitrogens with zero attached hydrogens (tertiary/aromatic N) is 2. The van der Waals surface area contributed by atoms with E-state index in [2.05, 4.69) is 10.3 Å². The van der Waals surface area contributed by atoms with Crippen molar-refractivity contribution >= 4 is 38.9 Å². The monoisotopic (exact) mass is 353 g/mol. The smallest absolute Gasteiger partial charge is 0.255 e. The number of nitrogens with one attached hydrogen (secondary N) is 1. The minimum Gasteiger partial charge on any atom is -0.378 e. The van der Waals surface area contributed by atoms with Gasteiger partial charge in [0.1, 0.15) is 6.04 Å². The highest BCUT2D eigenvalue weighted by atomic mass is 35.5. The highest BCUT2D eigenvalue weighted by molar-refractivity contribution is 7.91. The van der Waals surface area contributed by atoms with Crippen molar-refractivity contribution in [1.29, 1.82) is 0 Å². The third kappa shape index (κ3) is 3.37. The SMILES string of the molecule is CCNC(=O)C1COCCN1S(=O)(=O)c1sc(Cl)nc1C. The van der Waals surface area contributed by atoms with E-state index in [9.17, 15) is 13.2 Å².